The Balaban J connectivity index is 3.85. The minimum absolute atomic E-state index is 0.111. The van der Waals surface area contributed by atoms with Crippen molar-refractivity contribution in [1.29, 1.82) is 0 Å². The minimum Gasteiger partial charge on any atom is -0.381 e. The summed E-state index contributed by atoms with van der Waals surface area (Å²) in [5.74, 6) is -0.823. The summed E-state index contributed by atoms with van der Waals surface area (Å²) < 4.78 is 42.4. The molecule has 0 aliphatic heterocycles. The molecule has 0 spiro atoms. The van der Waals surface area contributed by atoms with Crippen LogP contribution in [0, 0.1) is 5.92 Å². The van der Waals surface area contributed by atoms with Crippen LogP contribution in [0.5, 0.6) is 0 Å². The monoisotopic (exact) mass is 270 g/mol. The highest BCUT2D eigenvalue weighted by molar-refractivity contribution is 5.86. The summed E-state index contributed by atoms with van der Waals surface area (Å²) in [7, 11) is 0. The van der Waals surface area contributed by atoms with Crippen LogP contribution in [0.3, 0.4) is 0 Å². The van der Waals surface area contributed by atoms with Gasteiger partial charge in [0.05, 0.1) is 0 Å². The van der Waals surface area contributed by atoms with Crippen LogP contribution in [0.15, 0.2) is 0 Å². The van der Waals surface area contributed by atoms with Crippen molar-refractivity contribution < 1.29 is 22.7 Å². The molecule has 0 aromatic carbocycles. The largest absolute Gasteiger partial charge is 0.415 e. The molecule has 1 atom stereocenters. The summed E-state index contributed by atoms with van der Waals surface area (Å²) in [6.45, 7) is 5.73. The molecular weight excluding hydrogens is 249 g/mol. The molecule has 7 heteroatoms. The maximum Gasteiger partial charge on any atom is 0.415 e. The fourth-order valence-electron chi connectivity index (χ4n) is 1.01. The quantitative estimate of drug-likeness (QED) is 0.688. The average molecular weight is 270 g/mol. The third-order valence-corrected chi connectivity index (χ3v) is 2.26. The lowest BCUT2D eigenvalue weighted by Gasteiger charge is -2.26. The minimum atomic E-state index is -4.76. The van der Waals surface area contributed by atoms with Gasteiger partial charge in [-0.3, -0.25) is 4.79 Å². The molecule has 0 radical (unpaired) electrons. The first-order valence-corrected chi connectivity index (χ1v) is 5.80. The molecule has 0 saturated carbocycles. The standard InChI is InChI=1S/C11H21F3N2O2/c1-8(2)7-18-6-4-5-16-9(17)10(3,15)11(12,13)14/h8H,4-7,15H2,1-3H3,(H,16,17). The first kappa shape index (κ1) is 17.2. The Morgan fingerprint density at radius 1 is 1.39 bits per heavy atom. The van der Waals surface area contributed by atoms with E-state index in [0.717, 1.165) is 0 Å². The molecule has 0 rings (SSSR count). The van der Waals surface area contributed by atoms with Gasteiger partial charge < -0.3 is 15.8 Å². The Morgan fingerprint density at radius 3 is 2.39 bits per heavy atom. The SMILES string of the molecule is CC(C)COCCCNC(=O)C(C)(N)C(F)(F)F. The van der Waals surface area contributed by atoms with Crippen molar-refractivity contribution in [2.24, 2.45) is 11.7 Å². The van der Waals surface area contributed by atoms with Crippen LogP contribution >= 0.6 is 0 Å². The van der Waals surface area contributed by atoms with Gasteiger partial charge in [-0.05, 0) is 19.3 Å². The molecule has 0 bridgehead atoms. The highest BCUT2D eigenvalue weighted by atomic mass is 19.4. The first-order valence-electron chi connectivity index (χ1n) is 5.80. The number of halogens is 3. The molecule has 4 nitrogen and oxygen atoms in total. The lowest BCUT2D eigenvalue weighted by molar-refractivity contribution is -0.187. The van der Waals surface area contributed by atoms with Crippen LogP contribution < -0.4 is 11.1 Å². The van der Waals surface area contributed by atoms with E-state index in [1.165, 1.54) is 0 Å². The maximum absolute atomic E-state index is 12.4. The second-order valence-corrected chi connectivity index (χ2v) is 4.78. The zero-order valence-corrected chi connectivity index (χ0v) is 10.9. The van der Waals surface area contributed by atoms with Gasteiger partial charge in [0.15, 0.2) is 5.54 Å². The number of nitrogens with two attached hydrogens (primary N) is 1. The molecule has 0 aliphatic rings. The third kappa shape index (κ3) is 5.68. The molecule has 3 N–H and O–H groups in total. The van der Waals surface area contributed by atoms with Crippen LogP contribution in [-0.4, -0.2) is 37.4 Å². The van der Waals surface area contributed by atoms with Gasteiger partial charge in [-0.1, -0.05) is 13.8 Å². The summed E-state index contributed by atoms with van der Waals surface area (Å²) in [5.41, 5.74) is 2.09. The Morgan fingerprint density at radius 2 is 1.94 bits per heavy atom. The van der Waals surface area contributed by atoms with Crippen molar-refractivity contribution >= 4 is 5.91 Å². The predicted octanol–water partition coefficient (Wildman–Crippen LogP) is 1.44. The highest BCUT2D eigenvalue weighted by Gasteiger charge is 2.53. The molecule has 0 aliphatic carbocycles. The van der Waals surface area contributed by atoms with Gasteiger partial charge in [0.1, 0.15) is 0 Å². The predicted molar refractivity (Wildman–Crippen MR) is 61.9 cm³/mol. The number of carbonyl (C=O) groups excluding carboxylic acids is 1. The Hall–Kier alpha value is -0.820. The molecule has 0 aromatic rings. The zero-order valence-electron chi connectivity index (χ0n) is 10.9. The van der Waals surface area contributed by atoms with Crippen molar-refractivity contribution in [1.82, 2.24) is 5.32 Å². The van der Waals surface area contributed by atoms with Crippen molar-refractivity contribution in [2.45, 2.75) is 38.9 Å². The number of hydrogen-bond donors (Lipinski definition) is 2. The summed E-state index contributed by atoms with van der Waals surface area (Å²) in [6.07, 6.45) is -4.31. The highest BCUT2D eigenvalue weighted by Crippen LogP contribution is 2.27. The number of carbonyl (C=O) groups is 1. The van der Waals surface area contributed by atoms with E-state index in [1.807, 2.05) is 13.8 Å². The fraction of sp³-hybridized carbons (Fsp3) is 0.909. The van der Waals surface area contributed by atoms with Crippen LogP contribution in [0.1, 0.15) is 27.2 Å². The van der Waals surface area contributed by atoms with E-state index in [0.29, 0.717) is 32.5 Å². The molecule has 18 heavy (non-hydrogen) atoms. The van der Waals surface area contributed by atoms with Gasteiger partial charge in [-0.2, -0.15) is 13.2 Å². The molecular formula is C11H21F3N2O2. The average Bonchev–Trinajstić information content (AvgIpc) is 2.20. The molecule has 1 unspecified atom stereocenters. The molecule has 0 saturated heterocycles. The molecule has 0 fully saturated rings. The number of ether oxygens (including phenoxy) is 1. The number of rotatable bonds is 7. The van der Waals surface area contributed by atoms with Crippen LogP contribution in [0.25, 0.3) is 0 Å². The number of nitrogens with one attached hydrogen (secondary N) is 1. The third-order valence-electron chi connectivity index (χ3n) is 2.26. The zero-order chi connectivity index (χ0) is 14.4. The number of alkyl halides is 3. The maximum atomic E-state index is 12.4. The van der Waals surface area contributed by atoms with Gasteiger partial charge in [-0.15, -0.1) is 0 Å². The Labute approximate surface area is 105 Å². The van der Waals surface area contributed by atoms with E-state index in [-0.39, 0.29) is 6.54 Å². The van der Waals surface area contributed by atoms with Crippen molar-refractivity contribution in [2.75, 3.05) is 19.8 Å². The molecule has 0 heterocycles. The van der Waals surface area contributed by atoms with E-state index < -0.39 is 17.6 Å². The van der Waals surface area contributed by atoms with Gasteiger partial charge in [0, 0.05) is 19.8 Å². The molecule has 108 valence electrons. The smallest absolute Gasteiger partial charge is 0.381 e. The number of amides is 1. The number of hydrogen-bond acceptors (Lipinski definition) is 3. The van der Waals surface area contributed by atoms with E-state index in [4.69, 9.17) is 10.5 Å². The van der Waals surface area contributed by atoms with Crippen molar-refractivity contribution in [3.63, 3.8) is 0 Å². The van der Waals surface area contributed by atoms with Gasteiger partial charge >= 0.3 is 6.18 Å². The van der Waals surface area contributed by atoms with Gasteiger partial charge in [-0.25, -0.2) is 0 Å². The van der Waals surface area contributed by atoms with Crippen molar-refractivity contribution in [3.05, 3.63) is 0 Å². The Bertz CT molecular complexity index is 266. The van der Waals surface area contributed by atoms with Crippen LogP contribution in [0.4, 0.5) is 13.2 Å². The van der Waals surface area contributed by atoms with Crippen LogP contribution in [0.2, 0.25) is 0 Å². The van der Waals surface area contributed by atoms with Crippen molar-refractivity contribution in [3.8, 4) is 0 Å². The van der Waals surface area contributed by atoms with E-state index in [9.17, 15) is 18.0 Å². The fourth-order valence-corrected chi connectivity index (χ4v) is 1.01. The van der Waals surface area contributed by atoms with Crippen LogP contribution in [-0.2, 0) is 9.53 Å². The summed E-state index contributed by atoms with van der Waals surface area (Å²) >= 11 is 0. The van der Waals surface area contributed by atoms with Gasteiger partial charge in [0.25, 0.3) is 0 Å². The topological polar surface area (TPSA) is 64.3 Å². The van der Waals surface area contributed by atoms with E-state index >= 15 is 0 Å². The summed E-state index contributed by atoms with van der Waals surface area (Å²) in [5, 5.41) is 2.15. The second-order valence-electron chi connectivity index (χ2n) is 4.78. The lowest BCUT2D eigenvalue weighted by atomic mass is 10.0. The molecule has 0 aromatic heterocycles. The summed E-state index contributed by atoms with van der Waals surface area (Å²) in [4.78, 5) is 11.3. The molecule has 1 amide bonds. The van der Waals surface area contributed by atoms with Gasteiger partial charge in [0.2, 0.25) is 5.91 Å². The Kier molecular flexibility index (Phi) is 6.62. The lowest BCUT2D eigenvalue weighted by Crippen LogP contribution is -2.61. The second kappa shape index (κ2) is 6.94. The normalized spacial score (nSPS) is 15.6. The summed E-state index contributed by atoms with van der Waals surface area (Å²) in [6, 6.07) is 0. The first-order chi connectivity index (χ1) is 8.09. The van der Waals surface area contributed by atoms with E-state index in [2.05, 4.69) is 5.32 Å². The van der Waals surface area contributed by atoms with E-state index in [1.54, 1.807) is 0 Å².